The van der Waals surface area contributed by atoms with Gasteiger partial charge in [-0.1, -0.05) is 42.3 Å². The van der Waals surface area contributed by atoms with Crippen LogP contribution in [0.2, 0.25) is 0 Å². The SMILES string of the molecule is C(=C1CCN(C2CCC2)CC1)c1ccc(CN2CCOCC2)cc1. The zero-order chi connectivity index (χ0) is 16.2. The number of nitrogens with zero attached hydrogens (tertiary/aromatic N) is 2. The molecule has 0 bridgehead atoms. The highest BCUT2D eigenvalue weighted by Gasteiger charge is 2.26. The minimum atomic E-state index is 0.877. The normalized spacial score (nSPS) is 23.9. The Morgan fingerprint density at radius 2 is 1.67 bits per heavy atom. The van der Waals surface area contributed by atoms with Crippen LogP contribution in [0.5, 0.6) is 0 Å². The lowest BCUT2D eigenvalue weighted by molar-refractivity contribution is 0.0342. The smallest absolute Gasteiger partial charge is 0.0594 e. The number of piperidine rings is 1. The Hall–Kier alpha value is -1.16. The standard InChI is InChI=1S/C21H30N2O/c1-2-21(3-1)23-10-8-19(9-11-23)16-18-4-6-20(7-5-18)17-22-12-14-24-15-13-22/h4-7,16,21H,1-3,8-15,17H2. The van der Waals surface area contributed by atoms with Crippen molar-refractivity contribution in [3.8, 4) is 0 Å². The molecule has 1 aromatic rings. The number of likely N-dealkylation sites (tertiary alicyclic amines) is 1. The van der Waals surface area contributed by atoms with Gasteiger partial charge in [-0.15, -0.1) is 0 Å². The molecule has 3 heteroatoms. The van der Waals surface area contributed by atoms with Gasteiger partial charge >= 0.3 is 0 Å². The van der Waals surface area contributed by atoms with E-state index in [0.717, 1.165) is 38.9 Å². The summed E-state index contributed by atoms with van der Waals surface area (Å²) in [5.41, 5.74) is 4.41. The maximum Gasteiger partial charge on any atom is 0.0594 e. The lowest BCUT2D eigenvalue weighted by Gasteiger charge is -2.40. The molecule has 0 radical (unpaired) electrons. The number of morpholine rings is 1. The van der Waals surface area contributed by atoms with Crippen molar-refractivity contribution in [3.05, 3.63) is 41.0 Å². The van der Waals surface area contributed by atoms with Gasteiger partial charge in [-0.25, -0.2) is 0 Å². The molecule has 0 atom stereocenters. The number of ether oxygens (including phenoxy) is 1. The zero-order valence-electron chi connectivity index (χ0n) is 14.8. The van der Waals surface area contributed by atoms with Crippen LogP contribution in [0.4, 0.5) is 0 Å². The number of hydrogen-bond acceptors (Lipinski definition) is 3. The van der Waals surface area contributed by atoms with Crippen LogP contribution in [0.15, 0.2) is 29.8 Å². The predicted octanol–water partition coefficient (Wildman–Crippen LogP) is 3.55. The average molecular weight is 326 g/mol. The number of benzene rings is 1. The fourth-order valence-corrected chi connectivity index (χ4v) is 4.05. The Labute approximate surface area is 146 Å². The molecule has 2 saturated heterocycles. The quantitative estimate of drug-likeness (QED) is 0.841. The molecule has 0 amide bonds. The van der Waals surface area contributed by atoms with Crippen LogP contribution in [0, 0.1) is 0 Å². The van der Waals surface area contributed by atoms with Crippen molar-refractivity contribution in [3.63, 3.8) is 0 Å². The minimum absolute atomic E-state index is 0.877. The number of rotatable bonds is 4. The molecule has 0 unspecified atom stereocenters. The van der Waals surface area contributed by atoms with Crippen molar-refractivity contribution in [2.75, 3.05) is 39.4 Å². The molecular weight excluding hydrogens is 296 g/mol. The molecule has 2 heterocycles. The van der Waals surface area contributed by atoms with Crippen LogP contribution in [0.3, 0.4) is 0 Å². The topological polar surface area (TPSA) is 15.7 Å². The summed E-state index contributed by atoms with van der Waals surface area (Å²) < 4.78 is 5.42. The van der Waals surface area contributed by atoms with E-state index in [1.165, 1.54) is 56.3 Å². The molecule has 0 N–H and O–H groups in total. The van der Waals surface area contributed by atoms with Gasteiger partial charge in [0.2, 0.25) is 0 Å². The van der Waals surface area contributed by atoms with E-state index in [1.807, 2.05) is 0 Å². The number of hydrogen-bond donors (Lipinski definition) is 0. The van der Waals surface area contributed by atoms with E-state index in [9.17, 15) is 0 Å². The summed E-state index contributed by atoms with van der Waals surface area (Å²) in [6, 6.07) is 10.1. The van der Waals surface area contributed by atoms with E-state index < -0.39 is 0 Å². The third kappa shape index (κ3) is 4.08. The summed E-state index contributed by atoms with van der Waals surface area (Å²) in [6.45, 7) is 7.46. The average Bonchev–Trinajstić information content (AvgIpc) is 2.58. The molecule has 1 saturated carbocycles. The molecule has 130 valence electrons. The molecule has 1 aliphatic carbocycles. The Balaban J connectivity index is 1.30. The molecule has 0 spiro atoms. The van der Waals surface area contributed by atoms with Crippen LogP contribution in [-0.2, 0) is 11.3 Å². The van der Waals surface area contributed by atoms with E-state index >= 15 is 0 Å². The largest absolute Gasteiger partial charge is 0.379 e. The van der Waals surface area contributed by atoms with Gasteiger partial charge in [-0.2, -0.15) is 0 Å². The molecule has 3 aliphatic rings. The van der Waals surface area contributed by atoms with Crippen molar-refractivity contribution in [1.29, 1.82) is 0 Å². The van der Waals surface area contributed by atoms with Crippen LogP contribution in [0.1, 0.15) is 43.2 Å². The summed E-state index contributed by atoms with van der Waals surface area (Å²) in [5, 5.41) is 0. The first-order valence-corrected chi connectivity index (χ1v) is 9.69. The summed E-state index contributed by atoms with van der Waals surface area (Å²) in [5.74, 6) is 0. The van der Waals surface area contributed by atoms with Crippen LogP contribution in [-0.4, -0.2) is 55.2 Å². The van der Waals surface area contributed by atoms with Gasteiger partial charge in [0.1, 0.15) is 0 Å². The summed E-state index contributed by atoms with van der Waals surface area (Å²) in [4.78, 5) is 5.19. The first kappa shape index (κ1) is 16.3. The summed E-state index contributed by atoms with van der Waals surface area (Å²) >= 11 is 0. The molecule has 24 heavy (non-hydrogen) atoms. The highest BCUT2D eigenvalue weighted by Crippen LogP contribution is 2.29. The van der Waals surface area contributed by atoms with Gasteiger partial charge in [0.25, 0.3) is 0 Å². The van der Waals surface area contributed by atoms with Crippen molar-refractivity contribution in [2.45, 2.75) is 44.7 Å². The second-order valence-corrected chi connectivity index (χ2v) is 7.55. The molecule has 1 aromatic carbocycles. The van der Waals surface area contributed by atoms with Gasteiger partial charge in [0.15, 0.2) is 0 Å². The summed E-state index contributed by atoms with van der Waals surface area (Å²) in [6.07, 6.45) is 9.25. The van der Waals surface area contributed by atoms with Gasteiger partial charge in [0.05, 0.1) is 13.2 Å². The fraction of sp³-hybridized carbons (Fsp3) is 0.619. The van der Waals surface area contributed by atoms with Crippen molar-refractivity contribution in [1.82, 2.24) is 9.80 Å². The minimum Gasteiger partial charge on any atom is -0.379 e. The van der Waals surface area contributed by atoms with Gasteiger partial charge < -0.3 is 4.74 Å². The van der Waals surface area contributed by atoms with E-state index in [-0.39, 0.29) is 0 Å². The van der Waals surface area contributed by atoms with Crippen LogP contribution in [0.25, 0.3) is 6.08 Å². The molecule has 2 aliphatic heterocycles. The molecule has 3 fully saturated rings. The monoisotopic (exact) mass is 326 g/mol. The first-order valence-electron chi connectivity index (χ1n) is 9.69. The molecular formula is C21H30N2O. The Kier molecular flexibility index (Phi) is 5.31. The Bertz CT molecular complexity index is 546. The Morgan fingerprint density at radius 1 is 0.958 bits per heavy atom. The highest BCUT2D eigenvalue weighted by molar-refractivity contribution is 5.53. The Morgan fingerprint density at radius 3 is 2.29 bits per heavy atom. The molecule has 4 rings (SSSR count). The summed E-state index contributed by atoms with van der Waals surface area (Å²) in [7, 11) is 0. The van der Waals surface area contributed by atoms with Crippen LogP contribution < -0.4 is 0 Å². The third-order valence-electron chi connectivity index (χ3n) is 5.89. The first-order chi connectivity index (χ1) is 11.9. The zero-order valence-corrected chi connectivity index (χ0v) is 14.8. The molecule has 3 nitrogen and oxygen atoms in total. The van der Waals surface area contributed by atoms with E-state index in [0.29, 0.717) is 0 Å². The van der Waals surface area contributed by atoms with Crippen molar-refractivity contribution < 1.29 is 4.74 Å². The van der Waals surface area contributed by atoms with E-state index in [1.54, 1.807) is 5.57 Å². The van der Waals surface area contributed by atoms with Crippen molar-refractivity contribution >= 4 is 6.08 Å². The predicted molar refractivity (Wildman–Crippen MR) is 99.0 cm³/mol. The second kappa shape index (κ2) is 7.81. The van der Waals surface area contributed by atoms with Crippen LogP contribution >= 0.6 is 0 Å². The van der Waals surface area contributed by atoms with Crippen molar-refractivity contribution in [2.24, 2.45) is 0 Å². The second-order valence-electron chi connectivity index (χ2n) is 7.55. The maximum absolute atomic E-state index is 5.42. The van der Waals surface area contributed by atoms with E-state index in [2.05, 4.69) is 40.1 Å². The van der Waals surface area contributed by atoms with Gasteiger partial charge in [-0.05, 0) is 36.8 Å². The lowest BCUT2D eigenvalue weighted by Crippen LogP contribution is -2.43. The third-order valence-corrected chi connectivity index (χ3v) is 5.89. The fourth-order valence-electron chi connectivity index (χ4n) is 4.05. The highest BCUT2D eigenvalue weighted by atomic mass is 16.5. The van der Waals surface area contributed by atoms with Gasteiger partial charge in [0, 0.05) is 38.8 Å². The van der Waals surface area contributed by atoms with E-state index in [4.69, 9.17) is 4.74 Å². The maximum atomic E-state index is 5.42. The van der Waals surface area contributed by atoms with Gasteiger partial charge in [-0.3, -0.25) is 9.80 Å². The lowest BCUT2D eigenvalue weighted by atomic mass is 9.89. The molecule has 0 aromatic heterocycles.